The third-order valence-electron chi connectivity index (χ3n) is 2.19. The van der Waals surface area contributed by atoms with Crippen molar-refractivity contribution >= 4 is 37.8 Å². The van der Waals surface area contributed by atoms with E-state index >= 15 is 0 Å². The molecule has 0 amide bonds. The lowest BCUT2D eigenvalue weighted by Gasteiger charge is -2.15. The molecule has 0 saturated heterocycles. The van der Waals surface area contributed by atoms with Crippen LogP contribution in [-0.2, 0) is 14.2 Å². The lowest BCUT2D eigenvalue weighted by molar-refractivity contribution is 0.0442. The molecule has 6 nitrogen and oxygen atoms in total. The summed E-state index contributed by atoms with van der Waals surface area (Å²) in [4.78, 5) is 11.9. The molecule has 0 unspecified atom stereocenters. The van der Waals surface area contributed by atoms with Gasteiger partial charge in [-0.2, -0.15) is 0 Å². The smallest absolute Gasteiger partial charge is 0.340 e. The van der Waals surface area contributed by atoms with Crippen LogP contribution in [0.2, 0.25) is 0 Å². The molecule has 1 aromatic carbocycles. The van der Waals surface area contributed by atoms with E-state index in [0.717, 1.165) is 0 Å². The second kappa shape index (κ2) is 8.46. The van der Waals surface area contributed by atoms with Crippen molar-refractivity contribution in [3.05, 3.63) is 20.6 Å². The van der Waals surface area contributed by atoms with Crippen molar-refractivity contribution in [3.8, 4) is 11.5 Å². The van der Waals surface area contributed by atoms with Crippen LogP contribution >= 0.6 is 31.9 Å². The molecule has 0 aromatic heterocycles. The molecule has 0 atom stereocenters. The van der Waals surface area contributed by atoms with Gasteiger partial charge in [-0.3, -0.25) is 0 Å². The third kappa shape index (κ3) is 4.08. The molecule has 0 aliphatic rings. The van der Waals surface area contributed by atoms with Crippen LogP contribution in [0.25, 0.3) is 0 Å². The number of esters is 1. The molecular weight excluding hydrogens is 400 g/mol. The van der Waals surface area contributed by atoms with E-state index in [9.17, 15) is 4.79 Å². The number of halogens is 2. The average molecular weight is 414 g/mol. The van der Waals surface area contributed by atoms with Gasteiger partial charge in [-0.15, -0.1) is 0 Å². The standard InChI is InChI=1S/C12H14Br2O6/c1-16-5-19-7-4-8(20-6-17-2)11(14)9(10(7)13)12(15)18-3/h4H,5-6H2,1-3H3. The predicted octanol–water partition coefficient (Wildman–Crippen LogP) is 2.96. The van der Waals surface area contributed by atoms with Gasteiger partial charge >= 0.3 is 5.97 Å². The van der Waals surface area contributed by atoms with Crippen molar-refractivity contribution in [1.82, 2.24) is 0 Å². The SMILES string of the molecule is COCOc1cc(OCOC)c(Br)c(C(=O)OC)c1Br. The molecule has 0 heterocycles. The highest BCUT2D eigenvalue weighted by molar-refractivity contribution is 9.11. The number of hydrogen-bond donors (Lipinski definition) is 0. The Balaban J connectivity index is 3.27. The molecule has 0 N–H and O–H groups in total. The van der Waals surface area contributed by atoms with Crippen molar-refractivity contribution < 1.29 is 28.5 Å². The lowest BCUT2D eigenvalue weighted by atomic mass is 10.2. The molecule has 0 saturated carbocycles. The fourth-order valence-corrected chi connectivity index (χ4v) is 2.77. The molecule has 1 aromatic rings. The Kier molecular flexibility index (Phi) is 7.28. The summed E-state index contributed by atoms with van der Waals surface area (Å²) in [6, 6.07) is 1.61. The third-order valence-corrected chi connectivity index (χ3v) is 3.76. The number of methoxy groups -OCH3 is 3. The zero-order valence-electron chi connectivity index (χ0n) is 11.2. The Hall–Kier alpha value is -0.830. The highest BCUT2D eigenvalue weighted by Gasteiger charge is 2.23. The largest absolute Gasteiger partial charge is 0.466 e. The number of carbonyl (C=O) groups excluding carboxylic acids is 1. The number of rotatable bonds is 7. The van der Waals surface area contributed by atoms with Gasteiger partial charge in [-0.1, -0.05) is 0 Å². The quantitative estimate of drug-likeness (QED) is 0.505. The second-order valence-electron chi connectivity index (χ2n) is 3.47. The molecule has 1 rings (SSSR count). The van der Waals surface area contributed by atoms with Gasteiger partial charge in [0, 0.05) is 20.3 Å². The summed E-state index contributed by atoms with van der Waals surface area (Å²) >= 11 is 6.62. The van der Waals surface area contributed by atoms with Crippen LogP contribution in [0, 0.1) is 0 Å². The monoisotopic (exact) mass is 412 g/mol. The van der Waals surface area contributed by atoms with Gasteiger partial charge in [0.2, 0.25) is 0 Å². The van der Waals surface area contributed by atoms with Crippen LogP contribution < -0.4 is 9.47 Å². The van der Waals surface area contributed by atoms with E-state index < -0.39 is 5.97 Å². The molecule has 0 bridgehead atoms. The van der Waals surface area contributed by atoms with Crippen LogP contribution in [0.1, 0.15) is 10.4 Å². The Labute approximate surface area is 133 Å². The van der Waals surface area contributed by atoms with E-state index in [1.54, 1.807) is 6.07 Å². The minimum atomic E-state index is -0.533. The van der Waals surface area contributed by atoms with E-state index in [1.165, 1.54) is 21.3 Å². The summed E-state index contributed by atoms with van der Waals surface area (Å²) in [7, 11) is 4.28. The number of hydrogen-bond acceptors (Lipinski definition) is 6. The first-order valence-electron chi connectivity index (χ1n) is 5.40. The Morgan fingerprint density at radius 3 is 1.80 bits per heavy atom. The Morgan fingerprint density at radius 1 is 1.00 bits per heavy atom. The average Bonchev–Trinajstić information content (AvgIpc) is 2.45. The molecule has 0 spiro atoms. The van der Waals surface area contributed by atoms with Crippen LogP contribution in [-0.4, -0.2) is 40.9 Å². The zero-order chi connectivity index (χ0) is 15.1. The maximum absolute atomic E-state index is 11.9. The molecule has 0 aliphatic carbocycles. The van der Waals surface area contributed by atoms with Crippen molar-refractivity contribution in [2.45, 2.75) is 0 Å². The minimum Gasteiger partial charge on any atom is -0.466 e. The summed E-state index contributed by atoms with van der Waals surface area (Å²) in [5, 5.41) is 0. The molecule has 112 valence electrons. The van der Waals surface area contributed by atoms with Gasteiger partial charge in [0.1, 0.15) is 11.5 Å². The fourth-order valence-electron chi connectivity index (χ4n) is 1.32. The second-order valence-corrected chi connectivity index (χ2v) is 5.06. The van der Waals surface area contributed by atoms with Gasteiger partial charge in [-0.05, 0) is 31.9 Å². The van der Waals surface area contributed by atoms with E-state index in [0.29, 0.717) is 20.4 Å². The first-order chi connectivity index (χ1) is 9.56. The first-order valence-corrected chi connectivity index (χ1v) is 6.99. The topological polar surface area (TPSA) is 63.2 Å². The van der Waals surface area contributed by atoms with E-state index in [4.69, 9.17) is 23.7 Å². The Morgan fingerprint density at radius 2 is 1.45 bits per heavy atom. The molecule has 8 heteroatoms. The van der Waals surface area contributed by atoms with Gasteiger partial charge in [0.05, 0.1) is 21.6 Å². The van der Waals surface area contributed by atoms with Crippen molar-refractivity contribution in [2.75, 3.05) is 34.9 Å². The first kappa shape index (κ1) is 17.2. The number of ether oxygens (including phenoxy) is 5. The molecule has 0 fully saturated rings. The highest BCUT2D eigenvalue weighted by atomic mass is 79.9. The van der Waals surface area contributed by atoms with Crippen LogP contribution in [0.5, 0.6) is 11.5 Å². The highest BCUT2D eigenvalue weighted by Crippen LogP contribution is 2.41. The van der Waals surface area contributed by atoms with Gasteiger partial charge in [0.25, 0.3) is 0 Å². The normalized spacial score (nSPS) is 10.2. The minimum absolute atomic E-state index is 0.0323. The van der Waals surface area contributed by atoms with E-state index in [1.807, 2.05) is 0 Å². The van der Waals surface area contributed by atoms with Gasteiger partial charge in [0.15, 0.2) is 13.6 Å². The molecule has 0 radical (unpaired) electrons. The molecular formula is C12H14Br2O6. The summed E-state index contributed by atoms with van der Waals surface area (Å²) in [6.07, 6.45) is 0. The summed E-state index contributed by atoms with van der Waals surface area (Å²) in [5.41, 5.74) is 0.257. The number of carbonyl (C=O) groups is 1. The predicted molar refractivity (Wildman–Crippen MR) is 78.2 cm³/mol. The van der Waals surface area contributed by atoms with Crippen molar-refractivity contribution in [1.29, 1.82) is 0 Å². The number of benzene rings is 1. The van der Waals surface area contributed by atoms with Crippen LogP contribution in [0.3, 0.4) is 0 Å². The maximum Gasteiger partial charge on any atom is 0.340 e. The zero-order valence-corrected chi connectivity index (χ0v) is 14.4. The molecule has 0 aliphatic heterocycles. The maximum atomic E-state index is 11.9. The lowest BCUT2D eigenvalue weighted by Crippen LogP contribution is -2.09. The van der Waals surface area contributed by atoms with Gasteiger partial charge in [-0.25, -0.2) is 4.79 Å². The van der Waals surface area contributed by atoms with Crippen LogP contribution in [0.4, 0.5) is 0 Å². The summed E-state index contributed by atoms with van der Waals surface area (Å²) in [6.45, 7) is 0.0646. The van der Waals surface area contributed by atoms with E-state index in [2.05, 4.69) is 31.9 Å². The summed E-state index contributed by atoms with van der Waals surface area (Å²) in [5.74, 6) is 0.247. The molecule has 20 heavy (non-hydrogen) atoms. The fraction of sp³-hybridized carbons (Fsp3) is 0.417. The summed E-state index contributed by atoms with van der Waals surface area (Å²) < 4.78 is 26.1. The Bertz CT molecular complexity index is 445. The van der Waals surface area contributed by atoms with Crippen LogP contribution in [0.15, 0.2) is 15.0 Å². The van der Waals surface area contributed by atoms with E-state index in [-0.39, 0.29) is 19.1 Å². The van der Waals surface area contributed by atoms with Gasteiger partial charge < -0.3 is 23.7 Å². The van der Waals surface area contributed by atoms with Crippen molar-refractivity contribution in [2.24, 2.45) is 0 Å². The van der Waals surface area contributed by atoms with Crippen molar-refractivity contribution in [3.63, 3.8) is 0 Å².